The first-order valence-corrected chi connectivity index (χ1v) is 6.76. The highest BCUT2D eigenvalue weighted by molar-refractivity contribution is 7.50. The van der Waals surface area contributed by atoms with E-state index in [1.807, 2.05) is 0 Å². The van der Waals surface area contributed by atoms with E-state index in [2.05, 4.69) is 42.2 Å². The summed E-state index contributed by atoms with van der Waals surface area (Å²) in [5.41, 5.74) is 0. The molecule has 2 atom stereocenters. The first kappa shape index (κ1) is 10.8. The van der Waals surface area contributed by atoms with Gasteiger partial charge in [-0.25, -0.2) is 0 Å². The van der Waals surface area contributed by atoms with Crippen molar-refractivity contribution >= 4 is 8.37 Å². The van der Waals surface area contributed by atoms with Crippen molar-refractivity contribution in [2.24, 2.45) is 0 Å². The minimum atomic E-state index is -0.177. The third-order valence-corrected chi connectivity index (χ3v) is 6.01. The normalized spacial score (nSPS) is 36.6. The molecule has 0 bridgehead atoms. The maximum atomic E-state index is 2.61. The van der Waals surface area contributed by atoms with Crippen molar-refractivity contribution in [3.05, 3.63) is 0 Å². The van der Waals surface area contributed by atoms with Crippen molar-refractivity contribution < 1.29 is 0 Å². The number of nitrogens with zero attached hydrogens (tertiary/aromatic N) is 3. The third kappa shape index (κ3) is 1.61. The van der Waals surface area contributed by atoms with E-state index in [9.17, 15) is 0 Å². The number of rotatable bonds is 1. The smallest absolute Gasteiger partial charge is 0.119 e. The fraction of sp³-hybridized carbons (Fsp3) is 1.00. The van der Waals surface area contributed by atoms with E-state index in [1.54, 1.807) is 0 Å². The van der Waals surface area contributed by atoms with Crippen molar-refractivity contribution in [2.45, 2.75) is 37.8 Å². The number of fused-ring (bicyclic) bond motifs is 1. The molecule has 1 heterocycles. The quantitative estimate of drug-likeness (QED) is 0.619. The second-order valence-corrected chi connectivity index (χ2v) is 7.28. The van der Waals surface area contributed by atoms with Crippen LogP contribution in [0.5, 0.6) is 0 Å². The average molecular weight is 215 g/mol. The summed E-state index contributed by atoms with van der Waals surface area (Å²) in [6.07, 6.45) is 5.66. The lowest BCUT2D eigenvalue weighted by molar-refractivity contribution is 0.233. The molecule has 0 radical (unpaired) electrons. The van der Waals surface area contributed by atoms with Gasteiger partial charge in [-0.15, -0.1) is 0 Å². The maximum absolute atomic E-state index is 2.61. The molecule has 4 heteroatoms. The molecule has 2 aliphatic rings. The Morgan fingerprint density at radius 3 is 1.79 bits per heavy atom. The summed E-state index contributed by atoms with van der Waals surface area (Å²) in [5.74, 6) is 0. The Morgan fingerprint density at radius 1 is 1.00 bits per heavy atom. The SMILES string of the molecule is CN(C)P1N(C)[C@@H]2CCCC[C@H]2N1C. The molecule has 0 N–H and O–H groups in total. The summed E-state index contributed by atoms with van der Waals surface area (Å²) < 4.78 is 7.60. The first-order chi connectivity index (χ1) is 6.63. The summed E-state index contributed by atoms with van der Waals surface area (Å²) in [6, 6.07) is 1.64. The van der Waals surface area contributed by atoms with Gasteiger partial charge in [0, 0.05) is 12.1 Å². The molecular formula is C10H22N3P. The van der Waals surface area contributed by atoms with Gasteiger partial charge in [-0.05, 0) is 41.0 Å². The lowest BCUT2D eigenvalue weighted by Gasteiger charge is -2.31. The van der Waals surface area contributed by atoms with Crippen molar-refractivity contribution in [3.8, 4) is 0 Å². The van der Waals surface area contributed by atoms with Gasteiger partial charge < -0.3 is 0 Å². The molecule has 82 valence electrons. The van der Waals surface area contributed by atoms with Crippen molar-refractivity contribution in [1.82, 2.24) is 14.0 Å². The zero-order valence-electron chi connectivity index (χ0n) is 9.77. The molecule has 2 rings (SSSR count). The lowest BCUT2D eigenvalue weighted by Crippen LogP contribution is -2.37. The van der Waals surface area contributed by atoms with Gasteiger partial charge in [-0.2, -0.15) is 0 Å². The first-order valence-electron chi connectivity index (χ1n) is 5.56. The molecule has 0 spiro atoms. The Labute approximate surface area is 89.0 Å². The van der Waals surface area contributed by atoms with Crippen LogP contribution in [0.4, 0.5) is 0 Å². The van der Waals surface area contributed by atoms with E-state index in [4.69, 9.17) is 0 Å². The average Bonchev–Trinajstić information content (AvgIpc) is 2.41. The second kappa shape index (κ2) is 4.05. The Morgan fingerprint density at radius 2 is 1.43 bits per heavy atom. The molecule has 14 heavy (non-hydrogen) atoms. The molecule has 0 unspecified atom stereocenters. The highest BCUT2D eigenvalue weighted by Crippen LogP contribution is 2.55. The predicted molar refractivity (Wildman–Crippen MR) is 62.2 cm³/mol. The molecule has 1 aliphatic heterocycles. The van der Waals surface area contributed by atoms with Gasteiger partial charge in [0.15, 0.2) is 0 Å². The summed E-state index contributed by atoms with van der Waals surface area (Å²) in [6.45, 7) is 0. The van der Waals surface area contributed by atoms with Gasteiger partial charge in [0.25, 0.3) is 0 Å². The zero-order valence-corrected chi connectivity index (χ0v) is 10.7. The van der Waals surface area contributed by atoms with E-state index >= 15 is 0 Å². The highest BCUT2D eigenvalue weighted by Gasteiger charge is 2.45. The van der Waals surface area contributed by atoms with E-state index in [0.717, 1.165) is 12.1 Å². The fourth-order valence-electron chi connectivity index (χ4n) is 3.02. The van der Waals surface area contributed by atoms with Crippen molar-refractivity contribution in [2.75, 3.05) is 28.2 Å². The number of hydrogen-bond donors (Lipinski definition) is 0. The topological polar surface area (TPSA) is 9.72 Å². The molecule has 0 aromatic heterocycles. The summed E-state index contributed by atoms with van der Waals surface area (Å²) in [4.78, 5) is 0. The van der Waals surface area contributed by atoms with Crippen molar-refractivity contribution in [1.29, 1.82) is 0 Å². The van der Waals surface area contributed by atoms with Crippen molar-refractivity contribution in [3.63, 3.8) is 0 Å². The Kier molecular flexibility index (Phi) is 3.13. The summed E-state index contributed by atoms with van der Waals surface area (Å²) >= 11 is 0. The van der Waals surface area contributed by atoms with Crippen LogP contribution in [0.25, 0.3) is 0 Å². The standard InChI is InChI=1S/C10H22N3P/c1-11(2)14-12(3)9-7-5-6-8-10(9)13(14)4/h9-10H,5-8H2,1-4H3/t9-,10-/m1/s1. The summed E-state index contributed by atoms with van der Waals surface area (Å²) in [7, 11) is 8.84. The van der Waals surface area contributed by atoms with Crippen LogP contribution in [-0.4, -0.2) is 54.3 Å². The molecule has 0 aromatic carbocycles. The van der Waals surface area contributed by atoms with E-state index < -0.39 is 0 Å². The van der Waals surface area contributed by atoms with E-state index in [1.165, 1.54) is 25.7 Å². The Hall–Kier alpha value is 0.310. The molecule has 0 amide bonds. The third-order valence-electron chi connectivity index (χ3n) is 3.58. The number of hydrogen-bond acceptors (Lipinski definition) is 3. The Bertz CT molecular complexity index is 192. The molecule has 1 saturated carbocycles. The van der Waals surface area contributed by atoms with Crippen LogP contribution in [-0.2, 0) is 0 Å². The molecular weight excluding hydrogens is 193 g/mol. The maximum Gasteiger partial charge on any atom is 0.119 e. The predicted octanol–water partition coefficient (Wildman–Crippen LogP) is 1.96. The van der Waals surface area contributed by atoms with Gasteiger partial charge in [0.2, 0.25) is 0 Å². The minimum Gasteiger partial charge on any atom is -0.263 e. The van der Waals surface area contributed by atoms with Crippen LogP contribution in [0.2, 0.25) is 0 Å². The van der Waals surface area contributed by atoms with Gasteiger partial charge in [0.05, 0.1) is 0 Å². The van der Waals surface area contributed by atoms with Crippen LogP contribution >= 0.6 is 8.37 Å². The monoisotopic (exact) mass is 215 g/mol. The van der Waals surface area contributed by atoms with Crippen LogP contribution in [0.1, 0.15) is 25.7 Å². The fourth-order valence-corrected chi connectivity index (χ4v) is 5.66. The van der Waals surface area contributed by atoms with E-state index in [-0.39, 0.29) is 8.37 Å². The molecule has 2 fully saturated rings. The van der Waals surface area contributed by atoms with Crippen LogP contribution in [0.15, 0.2) is 0 Å². The Balaban J connectivity index is 2.15. The van der Waals surface area contributed by atoms with E-state index in [0.29, 0.717) is 0 Å². The van der Waals surface area contributed by atoms with Crippen LogP contribution in [0.3, 0.4) is 0 Å². The van der Waals surface area contributed by atoms with Gasteiger partial charge >= 0.3 is 0 Å². The van der Waals surface area contributed by atoms with Crippen LogP contribution < -0.4 is 0 Å². The molecule has 0 aromatic rings. The number of likely N-dealkylation sites (N-methyl/N-ethyl adjacent to an activating group) is 2. The van der Waals surface area contributed by atoms with Gasteiger partial charge in [-0.3, -0.25) is 14.0 Å². The second-order valence-electron chi connectivity index (χ2n) is 4.68. The lowest BCUT2D eigenvalue weighted by atomic mass is 9.91. The molecule has 1 aliphatic carbocycles. The van der Waals surface area contributed by atoms with Gasteiger partial charge in [0.1, 0.15) is 8.37 Å². The minimum absolute atomic E-state index is 0.177. The molecule has 1 saturated heterocycles. The van der Waals surface area contributed by atoms with Gasteiger partial charge in [-0.1, -0.05) is 12.8 Å². The summed E-state index contributed by atoms with van der Waals surface area (Å²) in [5, 5.41) is 0. The largest absolute Gasteiger partial charge is 0.263 e. The molecule has 3 nitrogen and oxygen atoms in total. The van der Waals surface area contributed by atoms with Crippen LogP contribution in [0, 0.1) is 0 Å². The zero-order chi connectivity index (χ0) is 10.3. The highest BCUT2D eigenvalue weighted by atomic mass is 31.2.